The summed E-state index contributed by atoms with van der Waals surface area (Å²) >= 11 is 1.53. The summed E-state index contributed by atoms with van der Waals surface area (Å²) in [6, 6.07) is 9.73. The van der Waals surface area contributed by atoms with Crippen LogP contribution in [0.15, 0.2) is 48.1 Å². The number of aromatic nitrogens is 2. The third kappa shape index (κ3) is 5.17. The van der Waals surface area contributed by atoms with E-state index in [0.29, 0.717) is 25.2 Å². The van der Waals surface area contributed by atoms with Crippen LogP contribution in [0.2, 0.25) is 0 Å². The number of hydrogen-bond acceptors (Lipinski definition) is 5. The minimum atomic E-state index is -0.191. The van der Waals surface area contributed by atoms with Gasteiger partial charge in [0.2, 0.25) is 5.91 Å². The molecule has 7 heteroatoms. The highest BCUT2D eigenvalue weighted by atomic mass is 32.1. The molecule has 6 nitrogen and oxygen atoms in total. The van der Waals surface area contributed by atoms with Crippen molar-refractivity contribution in [3.8, 4) is 11.3 Å². The minimum Gasteiger partial charge on any atom is -0.349 e. The number of piperidine rings is 1. The molecule has 3 aromatic rings. The Bertz CT molecular complexity index is 1060. The fraction of sp³-hybridized carbons (Fsp3) is 0.333. The zero-order valence-corrected chi connectivity index (χ0v) is 18.6. The summed E-state index contributed by atoms with van der Waals surface area (Å²) < 4.78 is 0. The van der Waals surface area contributed by atoms with Gasteiger partial charge in [-0.3, -0.25) is 14.6 Å². The topological polar surface area (TPSA) is 75.2 Å². The number of benzene rings is 1. The average molecular weight is 435 g/mol. The Balaban J connectivity index is 1.35. The molecule has 1 aliphatic heterocycles. The molecule has 31 heavy (non-hydrogen) atoms. The van der Waals surface area contributed by atoms with Gasteiger partial charge >= 0.3 is 0 Å². The second-order valence-corrected chi connectivity index (χ2v) is 8.99. The van der Waals surface area contributed by atoms with Crippen molar-refractivity contribution in [2.24, 2.45) is 5.92 Å². The van der Waals surface area contributed by atoms with Crippen molar-refractivity contribution in [3.05, 3.63) is 69.8 Å². The van der Waals surface area contributed by atoms with Gasteiger partial charge in [0.25, 0.3) is 5.91 Å². The molecule has 0 saturated carbocycles. The summed E-state index contributed by atoms with van der Waals surface area (Å²) in [6.07, 6.45) is 5.11. The second kappa shape index (κ2) is 9.39. The van der Waals surface area contributed by atoms with E-state index in [9.17, 15) is 9.59 Å². The van der Waals surface area contributed by atoms with Crippen LogP contribution in [0.3, 0.4) is 0 Å². The molecule has 4 rings (SSSR count). The number of carbonyl (C=O) groups is 2. The summed E-state index contributed by atoms with van der Waals surface area (Å²) in [7, 11) is 0. The van der Waals surface area contributed by atoms with Gasteiger partial charge < -0.3 is 10.2 Å². The predicted molar refractivity (Wildman–Crippen MR) is 122 cm³/mol. The van der Waals surface area contributed by atoms with Crippen LogP contribution in [-0.4, -0.2) is 39.8 Å². The first kappa shape index (κ1) is 21.2. The van der Waals surface area contributed by atoms with Crippen LogP contribution < -0.4 is 5.32 Å². The molecule has 3 heterocycles. The molecular weight excluding hydrogens is 408 g/mol. The van der Waals surface area contributed by atoms with E-state index in [-0.39, 0.29) is 17.7 Å². The lowest BCUT2D eigenvalue weighted by molar-refractivity contribution is -0.126. The number of nitrogens with zero attached hydrogens (tertiary/aromatic N) is 3. The van der Waals surface area contributed by atoms with E-state index in [4.69, 9.17) is 0 Å². The van der Waals surface area contributed by atoms with Crippen LogP contribution in [-0.2, 0) is 11.3 Å². The number of hydrogen-bond donors (Lipinski definition) is 1. The molecule has 0 aliphatic carbocycles. The molecule has 1 saturated heterocycles. The number of carbonyl (C=O) groups excluding carboxylic acids is 2. The lowest BCUT2D eigenvalue weighted by atomic mass is 9.96. The van der Waals surface area contributed by atoms with Crippen molar-refractivity contribution in [1.29, 1.82) is 0 Å². The predicted octanol–water partition coefficient (Wildman–Crippen LogP) is 3.99. The van der Waals surface area contributed by atoms with Gasteiger partial charge in [0.05, 0.1) is 18.2 Å². The molecule has 1 fully saturated rings. The zero-order chi connectivity index (χ0) is 21.8. The summed E-state index contributed by atoms with van der Waals surface area (Å²) in [5.74, 6) is -0.201. The van der Waals surface area contributed by atoms with Gasteiger partial charge in [-0.25, -0.2) is 4.98 Å². The van der Waals surface area contributed by atoms with Crippen molar-refractivity contribution in [2.45, 2.75) is 33.2 Å². The highest BCUT2D eigenvalue weighted by molar-refractivity contribution is 7.09. The van der Waals surface area contributed by atoms with Crippen molar-refractivity contribution in [3.63, 3.8) is 0 Å². The molecule has 1 aliphatic rings. The van der Waals surface area contributed by atoms with E-state index in [0.717, 1.165) is 40.2 Å². The number of aryl methyl sites for hydroxylation is 2. The van der Waals surface area contributed by atoms with Crippen LogP contribution in [0.4, 0.5) is 0 Å². The third-order valence-corrected chi connectivity index (χ3v) is 6.34. The Kier molecular flexibility index (Phi) is 6.42. The largest absolute Gasteiger partial charge is 0.349 e. The van der Waals surface area contributed by atoms with Crippen LogP contribution >= 0.6 is 11.3 Å². The molecule has 1 unspecified atom stereocenters. The molecule has 0 spiro atoms. The van der Waals surface area contributed by atoms with E-state index in [1.54, 1.807) is 12.4 Å². The number of rotatable bonds is 5. The van der Waals surface area contributed by atoms with Gasteiger partial charge in [0.1, 0.15) is 5.01 Å². The van der Waals surface area contributed by atoms with Crippen molar-refractivity contribution in [2.75, 3.05) is 13.1 Å². The van der Waals surface area contributed by atoms with Gasteiger partial charge in [0.15, 0.2) is 0 Å². The quantitative estimate of drug-likeness (QED) is 0.659. The van der Waals surface area contributed by atoms with Gasteiger partial charge in [-0.15, -0.1) is 11.3 Å². The zero-order valence-electron chi connectivity index (χ0n) is 17.8. The third-order valence-electron chi connectivity index (χ3n) is 5.49. The van der Waals surface area contributed by atoms with Crippen LogP contribution in [0.25, 0.3) is 11.3 Å². The van der Waals surface area contributed by atoms with E-state index >= 15 is 0 Å². The van der Waals surface area contributed by atoms with Crippen molar-refractivity contribution in [1.82, 2.24) is 20.2 Å². The molecule has 0 bridgehead atoms. The van der Waals surface area contributed by atoms with Gasteiger partial charge in [-0.2, -0.15) is 0 Å². The van der Waals surface area contributed by atoms with Crippen LogP contribution in [0.1, 0.15) is 39.3 Å². The first-order valence-electron chi connectivity index (χ1n) is 10.5. The van der Waals surface area contributed by atoms with Crippen LogP contribution in [0.5, 0.6) is 0 Å². The number of likely N-dealkylation sites (tertiary alicyclic amines) is 1. The van der Waals surface area contributed by atoms with Gasteiger partial charge in [0, 0.05) is 42.0 Å². The first-order valence-corrected chi connectivity index (χ1v) is 11.4. The number of pyridine rings is 1. The molecule has 0 radical (unpaired) electrons. The maximum absolute atomic E-state index is 13.0. The minimum absolute atomic E-state index is 0.00576. The van der Waals surface area contributed by atoms with E-state index < -0.39 is 0 Å². The summed E-state index contributed by atoms with van der Waals surface area (Å²) in [6.45, 7) is 5.54. The average Bonchev–Trinajstić information content (AvgIpc) is 3.26. The maximum atomic E-state index is 13.0. The Morgan fingerprint density at radius 1 is 1.16 bits per heavy atom. The Labute approximate surface area is 186 Å². The fourth-order valence-electron chi connectivity index (χ4n) is 4.01. The number of thiazole rings is 1. The number of amides is 2. The van der Waals surface area contributed by atoms with Crippen molar-refractivity contribution >= 4 is 23.2 Å². The fourth-order valence-corrected chi connectivity index (χ4v) is 4.75. The Hall–Kier alpha value is -3.06. The van der Waals surface area contributed by atoms with Gasteiger partial charge in [-0.1, -0.05) is 17.2 Å². The summed E-state index contributed by atoms with van der Waals surface area (Å²) in [5.41, 5.74) is 4.75. The van der Waals surface area contributed by atoms with Crippen molar-refractivity contribution < 1.29 is 9.59 Å². The molecule has 160 valence electrons. The molecule has 2 aromatic heterocycles. The second-order valence-electron chi connectivity index (χ2n) is 8.05. The summed E-state index contributed by atoms with van der Waals surface area (Å²) in [4.78, 5) is 36.2. The highest BCUT2D eigenvalue weighted by Gasteiger charge is 2.29. The molecule has 1 aromatic carbocycles. The molecule has 1 atom stereocenters. The van der Waals surface area contributed by atoms with Gasteiger partial charge in [-0.05, 0) is 51.0 Å². The number of nitrogens with one attached hydrogen (secondary N) is 1. The Morgan fingerprint density at radius 2 is 1.90 bits per heavy atom. The Morgan fingerprint density at radius 3 is 2.65 bits per heavy atom. The lowest BCUT2D eigenvalue weighted by Gasteiger charge is -2.32. The SMILES string of the molecule is Cc1cc(C)cc(C(=O)N2CCCC(C(=O)NCc3nc(-c4ccncc4)cs3)C2)c1. The van der Waals surface area contributed by atoms with Crippen LogP contribution in [0, 0.1) is 19.8 Å². The first-order chi connectivity index (χ1) is 15.0. The molecule has 1 N–H and O–H groups in total. The highest BCUT2D eigenvalue weighted by Crippen LogP contribution is 2.22. The van der Waals surface area contributed by atoms with E-state index in [1.807, 2.05) is 48.4 Å². The molecular formula is C24H26N4O2S. The monoisotopic (exact) mass is 434 g/mol. The lowest BCUT2D eigenvalue weighted by Crippen LogP contribution is -2.45. The normalized spacial score (nSPS) is 16.2. The molecule has 2 amide bonds. The standard InChI is InChI=1S/C24H26N4O2S/c1-16-10-17(2)12-20(11-16)24(30)28-9-3-4-19(14-28)23(29)26-13-22-27-21(15-31-22)18-5-7-25-8-6-18/h5-8,10-12,15,19H,3-4,9,13-14H2,1-2H3,(H,26,29). The summed E-state index contributed by atoms with van der Waals surface area (Å²) in [5, 5.41) is 5.86. The van der Waals surface area contributed by atoms with E-state index in [2.05, 4.69) is 21.4 Å². The van der Waals surface area contributed by atoms with E-state index in [1.165, 1.54) is 11.3 Å². The maximum Gasteiger partial charge on any atom is 0.253 e. The smallest absolute Gasteiger partial charge is 0.253 e.